The minimum atomic E-state index is -0.309. The van der Waals surface area contributed by atoms with Gasteiger partial charge in [0.2, 0.25) is 0 Å². The summed E-state index contributed by atoms with van der Waals surface area (Å²) in [5.41, 5.74) is 0.843. The SMILES string of the molecule is O=C1c2ccccc2C(=O)N1Cc1c[nH]c(=O)s1. The van der Waals surface area contributed by atoms with E-state index in [0.29, 0.717) is 16.0 Å². The Balaban J connectivity index is 1.95. The highest BCUT2D eigenvalue weighted by molar-refractivity contribution is 7.09. The van der Waals surface area contributed by atoms with E-state index in [1.54, 1.807) is 24.3 Å². The van der Waals surface area contributed by atoms with E-state index in [2.05, 4.69) is 4.98 Å². The molecule has 5 nitrogen and oxygen atoms in total. The molecule has 2 amide bonds. The van der Waals surface area contributed by atoms with Gasteiger partial charge in [-0.25, -0.2) is 0 Å². The summed E-state index contributed by atoms with van der Waals surface area (Å²) in [6.45, 7) is 0.135. The fourth-order valence-electron chi connectivity index (χ4n) is 1.93. The molecule has 2 heterocycles. The minimum Gasteiger partial charge on any atom is -0.319 e. The van der Waals surface area contributed by atoms with E-state index in [-0.39, 0.29) is 23.2 Å². The number of nitrogens with one attached hydrogen (secondary N) is 1. The largest absolute Gasteiger partial charge is 0.319 e. The van der Waals surface area contributed by atoms with E-state index in [9.17, 15) is 14.4 Å². The highest BCUT2D eigenvalue weighted by atomic mass is 32.1. The molecule has 90 valence electrons. The zero-order valence-electron chi connectivity index (χ0n) is 9.17. The van der Waals surface area contributed by atoms with Crippen LogP contribution in [-0.2, 0) is 6.54 Å². The molecule has 0 unspecified atom stereocenters. The van der Waals surface area contributed by atoms with Crippen LogP contribution in [0.3, 0.4) is 0 Å². The predicted molar refractivity (Wildman–Crippen MR) is 65.6 cm³/mol. The Morgan fingerprint density at radius 1 is 1.06 bits per heavy atom. The van der Waals surface area contributed by atoms with E-state index in [4.69, 9.17) is 0 Å². The quantitative estimate of drug-likeness (QED) is 0.826. The highest BCUT2D eigenvalue weighted by Gasteiger charge is 2.35. The molecule has 1 aromatic heterocycles. The molecule has 3 rings (SSSR count). The number of thiazole rings is 1. The van der Waals surface area contributed by atoms with Crippen molar-refractivity contribution < 1.29 is 9.59 Å². The van der Waals surface area contributed by atoms with Crippen molar-refractivity contribution >= 4 is 23.2 Å². The smallest absolute Gasteiger partial charge is 0.304 e. The van der Waals surface area contributed by atoms with Crippen LogP contribution in [0.15, 0.2) is 35.3 Å². The molecule has 0 fully saturated rings. The third-order valence-corrected chi connectivity index (χ3v) is 3.58. The Morgan fingerprint density at radius 3 is 2.17 bits per heavy atom. The number of carbonyl (C=O) groups excluding carboxylic acids is 2. The molecule has 1 N–H and O–H groups in total. The van der Waals surface area contributed by atoms with Crippen molar-refractivity contribution in [1.29, 1.82) is 0 Å². The van der Waals surface area contributed by atoms with Gasteiger partial charge in [-0.2, -0.15) is 0 Å². The van der Waals surface area contributed by atoms with Crippen LogP contribution >= 0.6 is 11.3 Å². The number of carbonyl (C=O) groups is 2. The van der Waals surface area contributed by atoms with Crippen LogP contribution < -0.4 is 4.87 Å². The van der Waals surface area contributed by atoms with Gasteiger partial charge in [-0.05, 0) is 12.1 Å². The van der Waals surface area contributed by atoms with Gasteiger partial charge >= 0.3 is 4.87 Å². The lowest BCUT2D eigenvalue weighted by Gasteiger charge is -2.11. The summed E-state index contributed by atoms with van der Waals surface area (Å²) in [6.07, 6.45) is 1.52. The first kappa shape index (κ1) is 10.9. The number of benzene rings is 1. The van der Waals surface area contributed by atoms with Crippen molar-refractivity contribution in [2.45, 2.75) is 6.54 Å². The number of rotatable bonds is 2. The third-order valence-electron chi connectivity index (χ3n) is 2.77. The van der Waals surface area contributed by atoms with Gasteiger partial charge < -0.3 is 4.98 Å². The maximum absolute atomic E-state index is 12.0. The lowest BCUT2D eigenvalue weighted by Crippen LogP contribution is -2.28. The van der Waals surface area contributed by atoms with Gasteiger partial charge in [0.15, 0.2) is 0 Å². The van der Waals surface area contributed by atoms with Gasteiger partial charge in [-0.15, -0.1) is 0 Å². The van der Waals surface area contributed by atoms with E-state index in [1.807, 2.05) is 0 Å². The number of imide groups is 1. The summed E-state index contributed by atoms with van der Waals surface area (Å²) in [6, 6.07) is 6.72. The van der Waals surface area contributed by atoms with Crippen LogP contribution in [0.5, 0.6) is 0 Å². The molecule has 0 bridgehead atoms. The fourth-order valence-corrected chi connectivity index (χ4v) is 2.60. The molecule has 0 radical (unpaired) electrons. The Hall–Kier alpha value is -2.21. The normalized spacial score (nSPS) is 14.1. The Kier molecular flexibility index (Phi) is 2.38. The maximum atomic E-state index is 12.0. The summed E-state index contributed by atoms with van der Waals surface area (Å²) >= 11 is 1.00. The van der Waals surface area contributed by atoms with Crippen LogP contribution in [0.4, 0.5) is 0 Å². The van der Waals surface area contributed by atoms with Crippen LogP contribution in [0, 0.1) is 0 Å². The zero-order chi connectivity index (χ0) is 12.7. The summed E-state index contributed by atoms with van der Waals surface area (Å²) in [4.78, 5) is 39.2. The van der Waals surface area contributed by atoms with Gasteiger partial charge in [0.05, 0.1) is 17.7 Å². The van der Waals surface area contributed by atoms with Crippen molar-refractivity contribution in [3.63, 3.8) is 0 Å². The first-order chi connectivity index (χ1) is 8.66. The summed E-state index contributed by atoms with van der Waals surface area (Å²) in [5, 5.41) is 0. The molecule has 6 heteroatoms. The average molecular weight is 260 g/mol. The minimum absolute atomic E-state index is 0.135. The number of aromatic nitrogens is 1. The topological polar surface area (TPSA) is 70.2 Å². The molecule has 2 aromatic rings. The van der Waals surface area contributed by atoms with Crippen molar-refractivity contribution in [2.75, 3.05) is 0 Å². The Labute approximate surface area is 106 Å². The maximum Gasteiger partial charge on any atom is 0.304 e. The average Bonchev–Trinajstić information content (AvgIpc) is 2.88. The second kappa shape index (κ2) is 3.92. The van der Waals surface area contributed by atoms with E-state index < -0.39 is 0 Å². The Morgan fingerprint density at radius 2 is 1.67 bits per heavy atom. The lowest BCUT2D eigenvalue weighted by molar-refractivity contribution is 0.0644. The Bertz CT molecular complexity index is 666. The monoisotopic (exact) mass is 260 g/mol. The second-order valence-corrected chi connectivity index (χ2v) is 4.99. The van der Waals surface area contributed by atoms with Gasteiger partial charge in [0, 0.05) is 11.1 Å². The molecular weight excluding hydrogens is 252 g/mol. The number of H-pyrrole nitrogens is 1. The van der Waals surface area contributed by atoms with E-state index in [0.717, 1.165) is 16.2 Å². The number of aromatic amines is 1. The highest BCUT2D eigenvalue weighted by Crippen LogP contribution is 2.24. The van der Waals surface area contributed by atoms with Crippen molar-refractivity contribution in [3.8, 4) is 0 Å². The second-order valence-electron chi connectivity index (χ2n) is 3.89. The standard InChI is InChI=1S/C12H8N2O3S/c15-10-8-3-1-2-4-9(8)11(16)14(10)6-7-5-13-12(17)18-7/h1-5H,6H2,(H,13,17). The van der Waals surface area contributed by atoms with Crippen LogP contribution in [0.2, 0.25) is 0 Å². The summed E-state index contributed by atoms with van der Waals surface area (Å²) in [7, 11) is 0. The fraction of sp³-hybridized carbons (Fsp3) is 0.0833. The predicted octanol–water partition coefficient (Wildman–Crippen LogP) is 1.23. The summed E-state index contributed by atoms with van der Waals surface area (Å²) < 4.78 is 0. The number of hydrogen-bond donors (Lipinski definition) is 1. The van der Waals surface area contributed by atoms with E-state index >= 15 is 0 Å². The molecule has 1 aromatic carbocycles. The molecular formula is C12H8N2O3S. The molecule has 1 aliphatic rings. The molecule has 0 saturated carbocycles. The number of amides is 2. The van der Waals surface area contributed by atoms with Crippen molar-refractivity contribution in [2.24, 2.45) is 0 Å². The van der Waals surface area contributed by atoms with Gasteiger partial charge in [0.25, 0.3) is 11.8 Å². The zero-order valence-corrected chi connectivity index (χ0v) is 9.99. The molecule has 0 aliphatic carbocycles. The van der Waals surface area contributed by atoms with Crippen molar-refractivity contribution in [1.82, 2.24) is 9.88 Å². The van der Waals surface area contributed by atoms with Crippen LogP contribution in [0.1, 0.15) is 25.6 Å². The number of hydrogen-bond acceptors (Lipinski definition) is 4. The molecule has 0 spiro atoms. The molecule has 18 heavy (non-hydrogen) atoms. The molecule has 0 saturated heterocycles. The lowest BCUT2D eigenvalue weighted by atomic mass is 10.1. The first-order valence-corrected chi connectivity index (χ1v) is 6.11. The first-order valence-electron chi connectivity index (χ1n) is 5.29. The van der Waals surface area contributed by atoms with Crippen molar-refractivity contribution in [3.05, 3.63) is 56.1 Å². The summed E-state index contributed by atoms with van der Waals surface area (Å²) in [5.74, 6) is -0.618. The third kappa shape index (κ3) is 1.58. The van der Waals surface area contributed by atoms with Gasteiger partial charge in [-0.3, -0.25) is 19.3 Å². The molecule has 1 aliphatic heterocycles. The van der Waals surface area contributed by atoms with E-state index in [1.165, 1.54) is 6.20 Å². The number of fused-ring (bicyclic) bond motifs is 1. The molecule has 0 atom stereocenters. The van der Waals surface area contributed by atoms with Gasteiger partial charge in [0.1, 0.15) is 0 Å². The van der Waals surface area contributed by atoms with Gasteiger partial charge in [-0.1, -0.05) is 23.5 Å². The van der Waals surface area contributed by atoms with Crippen LogP contribution in [-0.4, -0.2) is 21.7 Å². The number of nitrogens with zero attached hydrogens (tertiary/aromatic N) is 1. The van der Waals surface area contributed by atoms with Crippen LogP contribution in [0.25, 0.3) is 0 Å².